The third-order valence-corrected chi connectivity index (χ3v) is 11.2. The Kier molecular flexibility index (Phi) is 13.1. The highest BCUT2D eigenvalue weighted by atomic mass is 19.1. The van der Waals surface area contributed by atoms with Crippen molar-refractivity contribution >= 4 is 11.8 Å². The van der Waals surface area contributed by atoms with Crippen LogP contribution in [0.1, 0.15) is 97.7 Å². The van der Waals surface area contributed by atoms with Crippen molar-refractivity contribution in [2.75, 3.05) is 13.1 Å². The molecule has 11 heteroatoms. The molecule has 0 aliphatic carbocycles. The number of ether oxygens (including phenoxy) is 2. The van der Waals surface area contributed by atoms with Gasteiger partial charge in [-0.25, -0.2) is 4.39 Å². The van der Waals surface area contributed by atoms with E-state index in [2.05, 4.69) is 65.1 Å². The molecule has 2 fully saturated rings. The van der Waals surface area contributed by atoms with Gasteiger partial charge in [-0.1, -0.05) is 53.6 Å². The fourth-order valence-electron chi connectivity index (χ4n) is 8.37. The maximum Gasteiger partial charge on any atom is 0.248 e. The lowest BCUT2D eigenvalue weighted by Crippen LogP contribution is -2.24. The fraction of sp³-hybridized carbons (Fsp3) is 0.286. The second-order valence-electron chi connectivity index (χ2n) is 15.9. The molecule has 310 valence electrons. The van der Waals surface area contributed by atoms with Crippen LogP contribution in [-0.2, 0) is 20.1 Å². The Morgan fingerprint density at radius 1 is 0.650 bits per heavy atom. The molecule has 8 rings (SSSR count). The van der Waals surface area contributed by atoms with Gasteiger partial charge in [-0.2, -0.15) is 5.10 Å². The molecule has 4 N–H and O–H groups in total. The average Bonchev–Trinajstić information content (AvgIpc) is 3.96. The number of likely N-dealkylation sites (tertiary alicyclic amines) is 2. The molecule has 1 aromatic heterocycles. The molecule has 6 aromatic rings. The van der Waals surface area contributed by atoms with Gasteiger partial charge in [-0.15, -0.1) is 0 Å². The number of nitrogens with zero attached hydrogens (tertiary/aromatic N) is 4. The molecular weight excluding hydrogens is 756 g/mol. The number of aromatic nitrogens is 2. The summed E-state index contributed by atoms with van der Waals surface area (Å²) in [5, 5.41) is 4.51. The van der Waals surface area contributed by atoms with Gasteiger partial charge in [0.05, 0.1) is 17.4 Å². The van der Waals surface area contributed by atoms with Crippen LogP contribution in [0, 0.1) is 26.6 Å². The number of halogens is 1. The quantitative estimate of drug-likeness (QED) is 0.126. The number of amides is 2. The van der Waals surface area contributed by atoms with Gasteiger partial charge in [0, 0.05) is 37.3 Å². The molecule has 0 bridgehead atoms. The Hall–Kier alpha value is -6.30. The highest BCUT2D eigenvalue weighted by Gasteiger charge is 2.29. The zero-order valence-electron chi connectivity index (χ0n) is 34.7. The number of hydrogen-bond donors (Lipinski definition) is 2. The van der Waals surface area contributed by atoms with Crippen LogP contribution in [0.5, 0.6) is 23.0 Å². The van der Waals surface area contributed by atoms with Crippen LogP contribution in [0.15, 0.2) is 115 Å². The van der Waals surface area contributed by atoms with E-state index in [-0.39, 0.29) is 11.3 Å². The van der Waals surface area contributed by atoms with Crippen molar-refractivity contribution in [3.63, 3.8) is 0 Å². The Labute approximate surface area is 351 Å². The maximum absolute atomic E-state index is 14.2. The number of benzene rings is 5. The van der Waals surface area contributed by atoms with Crippen molar-refractivity contribution in [1.29, 1.82) is 0 Å². The molecule has 2 atom stereocenters. The van der Waals surface area contributed by atoms with E-state index in [1.165, 1.54) is 71.3 Å². The van der Waals surface area contributed by atoms with Crippen molar-refractivity contribution in [1.82, 2.24) is 19.6 Å². The summed E-state index contributed by atoms with van der Waals surface area (Å²) >= 11 is 0. The molecule has 2 amide bonds. The largest absolute Gasteiger partial charge is 0.457 e. The minimum absolute atomic E-state index is 0.0622. The Morgan fingerprint density at radius 3 is 1.67 bits per heavy atom. The molecule has 0 radical (unpaired) electrons. The number of primary amides is 2. The van der Waals surface area contributed by atoms with Crippen molar-refractivity contribution < 1.29 is 23.5 Å². The summed E-state index contributed by atoms with van der Waals surface area (Å²) in [5.74, 6) is 0.315. The molecule has 5 aromatic carbocycles. The monoisotopic (exact) mass is 808 g/mol. The van der Waals surface area contributed by atoms with E-state index < -0.39 is 17.6 Å². The molecule has 2 aliphatic heterocycles. The first-order valence-corrected chi connectivity index (χ1v) is 20.5. The van der Waals surface area contributed by atoms with Crippen molar-refractivity contribution in [3.05, 3.63) is 171 Å². The van der Waals surface area contributed by atoms with Gasteiger partial charge < -0.3 is 20.9 Å². The molecule has 0 unspecified atom stereocenters. The predicted octanol–water partition coefficient (Wildman–Crippen LogP) is 9.63. The molecule has 10 nitrogen and oxygen atoms in total. The molecular formula is C49H53FN6O4. The normalized spacial score (nSPS) is 16.6. The zero-order valence-corrected chi connectivity index (χ0v) is 34.7. The molecule has 2 saturated heterocycles. The van der Waals surface area contributed by atoms with Crippen molar-refractivity contribution in [2.24, 2.45) is 18.5 Å². The summed E-state index contributed by atoms with van der Waals surface area (Å²) < 4.78 is 27.7. The van der Waals surface area contributed by atoms with Gasteiger partial charge in [0.15, 0.2) is 11.6 Å². The van der Waals surface area contributed by atoms with Crippen LogP contribution in [0.25, 0.3) is 0 Å². The lowest BCUT2D eigenvalue weighted by atomic mass is 9.99. The van der Waals surface area contributed by atoms with Gasteiger partial charge >= 0.3 is 0 Å². The molecule has 60 heavy (non-hydrogen) atoms. The maximum atomic E-state index is 14.2. The molecule has 2 aliphatic rings. The molecule has 0 spiro atoms. The second kappa shape index (κ2) is 18.7. The van der Waals surface area contributed by atoms with Crippen molar-refractivity contribution in [2.45, 2.75) is 71.6 Å². The van der Waals surface area contributed by atoms with Gasteiger partial charge in [0.2, 0.25) is 11.8 Å². The highest BCUT2D eigenvalue weighted by molar-refractivity contribution is 5.93. The van der Waals surface area contributed by atoms with Crippen LogP contribution in [0.3, 0.4) is 0 Å². The Balaban J connectivity index is 0.000000182. The zero-order chi connectivity index (χ0) is 42.3. The average molecular weight is 809 g/mol. The van der Waals surface area contributed by atoms with E-state index in [4.69, 9.17) is 20.9 Å². The third kappa shape index (κ3) is 10.5. The van der Waals surface area contributed by atoms with E-state index in [0.29, 0.717) is 29.1 Å². The van der Waals surface area contributed by atoms with E-state index in [9.17, 15) is 14.0 Å². The summed E-state index contributed by atoms with van der Waals surface area (Å²) in [6.07, 6.45) is 4.74. The van der Waals surface area contributed by atoms with Crippen LogP contribution in [0.4, 0.5) is 4.39 Å². The van der Waals surface area contributed by atoms with Gasteiger partial charge in [-0.3, -0.25) is 24.1 Å². The Morgan fingerprint density at radius 2 is 1.15 bits per heavy atom. The number of hydrogen-bond acceptors (Lipinski definition) is 7. The predicted molar refractivity (Wildman–Crippen MR) is 232 cm³/mol. The van der Waals surface area contributed by atoms with E-state index >= 15 is 0 Å². The second-order valence-corrected chi connectivity index (χ2v) is 15.9. The molecule has 3 heterocycles. The topological polar surface area (TPSA) is 129 Å². The number of carbonyl (C=O) groups is 2. The first-order chi connectivity index (χ1) is 28.9. The van der Waals surface area contributed by atoms with Crippen LogP contribution < -0.4 is 20.9 Å². The lowest BCUT2D eigenvalue weighted by molar-refractivity contribution is 0.0991. The first kappa shape index (κ1) is 41.8. The summed E-state index contributed by atoms with van der Waals surface area (Å²) in [4.78, 5) is 27.4. The fourth-order valence-corrected chi connectivity index (χ4v) is 8.37. The van der Waals surface area contributed by atoms with E-state index in [1.807, 2.05) is 55.1 Å². The van der Waals surface area contributed by atoms with Gasteiger partial charge in [-0.05, 0) is 149 Å². The summed E-state index contributed by atoms with van der Waals surface area (Å²) in [7, 11) is 2.03. The van der Waals surface area contributed by atoms with Gasteiger partial charge in [0.25, 0.3) is 0 Å². The Bertz CT molecular complexity index is 2410. The smallest absolute Gasteiger partial charge is 0.248 e. The van der Waals surface area contributed by atoms with Crippen LogP contribution in [0.2, 0.25) is 0 Å². The number of rotatable bonds is 12. The summed E-state index contributed by atoms with van der Waals surface area (Å²) in [5.41, 5.74) is 19.8. The van der Waals surface area contributed by atoms with E-state index in [1.54, 1.807) is 24.3 Å². The minimum Gasteiger partial charge on any atom is -0.457 e. The van der Waals surface area contributed by atoms with Crippen LogP contribution >= 0.6 is 0 Å². The minimum atomic E-state index is -0.671. The SMILES string of the molecule is Cc1cc(C)cc([C@@H]2CCCN2Cc2ccc(Oc3ccc(C(N)=O)cc3F)cc2)c1.Cc1cc([C@@H]2CCCN2Cc2ccc(Oc3ccc(C(N)=O)cc3)cc2)n(C)n1. The highest BCUT2D eigenvalue weighted by Crippen LogP contribution is 2.36. The molecule has 0 saturated carbocycles. The lowest BCUT2D eigenvalue weighted by Gasteiger charge is -2.25. The van der Waals surface area contributed by atoms with Gasteiger partial charge in [0.1, 0.15) is 17.2 Å². The van der Waals surface area contributed by atoms with Crippen molar-refractivity contribution in [3.8, 4) is 23.0 Å². The first-order valence-electron chi connectivity index (χ1n) is 20.5. The summed E-state index contributed by atoms with van der Waals surface area (Å²) in [6, 6.07) is 36.6. The van der Waals surface area contributed by atoms with E-state index in [0.717, 1.165) is 43.7 Å². The number of carbonyl (C=O) groups excluding carboxylic acids is 2. The summed E-state index contributed by atoms with van der Waals surface area (Å²) in [6.45, 7) is 10.3. The standard InChI is InChI=1S/C26H27FN2O2.C23H26N4O2/c1-17-12-18(2)14-21(13-17)24-4-3-11-29(24)16-19-5-8-22(9-6-19)31-25-10-7-20(26(28)30)15-23(25)27;1-16-14-22(26(2)25-16)21-4-3-13-27(21)15-17-5-9-19(10-6-17)29-20-11-7-18(8-12-20)23(24)28/h5-10,12-15,24H,3-4,11,16H2,1-2H3,(H2,28,30);5-12,14,21H,3-4,13,15H2,1-2H3,(H2,24,28)/t24-;21-/m00/s1. The number of aryl methyl sites for hydroxylation is 4. The van der Waals surface area contributed by atoms with Crippen LogP contribution in [-0.4, -0.2) is 44.5 Å². The number of nitrogens with two attached hydrogens (primary N) is 2. The third-order valence-electron chi connectivity index (χ3n) is 11.2.